The van der Waals surface area contributed by atoms with Crippen LogP contribution in [-0.2, 0) is 4.79 Å². The maximum atomic E-state index is 11.7. The predicted molar refractivity (Wildman–Crippen MR) is 54.2 cm³/mol. The average Bonchev–Trinajstić information content (AvgIpc) is 2.39. The second kappa shape index (κ2) is 4.07. The van der Waals surface area contributed by atoms with E-state index in [1.54, 1.807) is 0 Å². The lowest BCUT2D eigenvalue weighted by Crippen LogP contribution is -2.48. The second-order valence-electron chi connectivity index (χ2n) is 4.25. The van der Waals surface area contributed by atoms with Crippen molar-refractivity contribution in [1.82, 2.24) is 4.90 Å². The van der Waals surface area contributed by atoms with Crippen LogP contribution >= 0.6 is 11.6 Å². The molecule has 0 aliphatic carbocycles. The molecular formula is C10H16ClNO2. The lowest BCUT2D eigenvalue weighted by molar-refractivity contribution is -0.136. The highest BCUT2D eigenvalue weighted by Crippen LogP contribution is 2.36. The quantitative estimate of drug-likeness (QED) is 0.705. The van der Waals surface area contributed by atoms with E-state index in [2.05, 4.69) is 0 Å². The molecule has 0 saturated carbocycles. The molecule has 14 heavy (non-hydrogen) atoms. The zero-order valence-corrected chi connectivity index (χ0v) is 8.91. The normalized spacial score (nSPS) is 36.1. The smallest absolute Gasteiger partial charge is 0.224 e. The zero-order chi connectivity index (χ0) is 10.1. The minimum atomic E-state index is -0.201. The van der Waals surface area contributed by atoms with E-state index in [1.165, 1.54) is 0 Å². The van der Waals surface area contributed by atoms with Gasteiger partial charge >= 0.3 is 0 Å². The topological polar surface area (TPSA) is 40.5 Å². The molecule has 1 N–H and O–H groups in total. The molecule has 0 aromatic carbocycles. The number of fused-ring (bicyclic) bond motifs is 2. The summed E-state index contributed by atoms with van der Waals surface area (Å²) in [4.78, 5) is 13.7. The van der Waals surface area contributed by atoms with E-state index in [-0.39, 0.29) is 24.1 Å². The summed E-state index contributed by atoms with van der Waals surface area (Å²) < 4.78 is 0. The summed E-state index contributed by atoms with van der Waals surface area (Å²) in [6, 6.07) is 0.555. The van der Waals surface area contributed by atoms with Gasteiger partial charge in [0.2, 0.25) is 5.91 Å². The van der Waals surface area contributed by atoms with Gasteiger partial charge in [0.25, 0.3) is 0 Å². The van der Waals surface area contributed by atoms with Gasteiger partial charge in [0.05, 0.1) is 6.10 Å². The van der Waals surface area contributed by atoms with Crippen LogP contribution in [0.3, 0.4) is 0 Å². The summed E-state index contributed by atoms with van der Waals surface area (Å²) in [7, 11) is 0. The van der Waals surface area contributed by atoms with Gasteiger partial charge in [0, 0.05) is 24.4 Å². The number of halogens is 1. The largest absolute Gasteiger partial charge is 0.393 e. The molecule has 0 aromatic rings. The Kier molecular flexibility index (Phi) is 2.98. The molecular weight excluding hydrogens is 202 g/mol. The van der Waals surface area contributed by atoms with E-state index in [4.69, 9.17) is 11.6 Å². The molecule has 2 aliphatic heterocycles. The number of alkyl halides is 1. The maximum absolute atomic E-state index is 11.7. The van der Waals surface area contributed by atoms with Crippen LogP contribution in [0.2, 0.25) is 0 Å². The number of amides is 1. The molecule has 2 aliphatic rings. The van der Waals surface area contributed by atoms with E-state index < -0.39 is 0 Å². The van der Waals surface area contributed by atoms with Crippen LogP contribution in [0.4, 0.5) is 0 Å². The number of aliphatic hydroxyl groups excluding tert-OH is 1. The second-order valence-corrected chi connectivity index (χ2v) is 4.63. The summed E-state index contributed by atoms with van der Waals surface area (Å²) in [5, 5.41) is 9.56. The molecule has 2 unspecified atom stereocenters. The minimum absolute atomic E-state index is 0.166. The van der Waals surface area contributed by atoms with Gasteiger partial charge in [-0.25, -0.2) is 0 Å². The third kappa shape index (κ3) is 1.75. The van der Waals surface area contributed by atoms with Gasteiger partial charge < -0.3 is 10.0 Å². The number of hydrogen-bond donors (Lipinski definition) is 1. The van der Waals surface area contributed by atoms with Crippen molar-refractivity contribution in [2.75, 3.05) is 5.88 Å². The van der Waals surface area contributed by atoms with Crippen LogP contribution in [-0.4, -0.2) is 40.0 Å². The Bertz CT molecular complexity index is 220. The average molecular weight is 218 g/mol. The van der Waals surface area contributed by atoms with Gasteiger partial charge in [-0.3, -0.25) is 4.79 Å². The molecule has 2 fully saturated rings. The van der Waals surface area contributed by atoms with Crippen molar-refractivity contribution in [1.29, 1.82) is 0 Å². The summed E-state index contributed by atoms with van der Waals surface area (Å²) >= 11 is 5.56. The van der Waals surface area contributed by atoms with E-state index in [9.17, 15) is 9.90 Å². The first-order valence-corrected chi connectivity index (χ1v) is 5.81. The van der Waals surface area contributed by atoms with E-state index in [0.717, 1.165) is 25.7 Å². The van der Waals surface area contributed by atoms with Crippen LogP contribution in [0.25, 0.3) is 0 Å². The fourth-order valence-corrected chi connectivity index (χ4v) is 2.93. The van der Waals surface area contributed by atoms with Crippen molar-refractivity contribution in [2.24, 2.45) is 0 Å². The fraction of sp³-hybridized carbons (Fsp3) is 0.900. The van der Waals surface area contributed by atoms with Gasteiger partial charge in [0.1, 0.15) is 0 Å². The molecule has 3 nitrogen and oxygen atoms in total. The molecule has 2 saturated heterocycles. The van der Waals surface area contributed by atoms with Crippen LogP contribution in [0.1, 0.15) is 32.1 Å². The first kappa shape index (κ1) is 10.2. The van der Waals surface area contributed by atoms with Crippen LogP contribution in [0.5, 0.6) is 0 Å². The molecule has 0 aromatic heterocycles. The fourth-order valence-electron chi connectivity index (χ4n) is 2.77. The van der Waals surface area contributed by atoms with Crippen molar-refractivity contribution in [3.05, 3.63) is 0 Å². The van der Waals surface area contributed by atoms with Gasteiger partial charge in [-0.2, -0.15) is 0 Å². The number of carbonyl (C=O) groups is 1. The first-order valence-electron chi connectivity index (χ1n) is 5.27. The lowest BCUT2D eigenvalue weighted by atomic mass is 9.99. The summed E-state index contributed by atoms with van der Waals surface area (Å²) in [6.45, 7) is 0. The third-order valence-corrected chi connectivity index (χ3v) is 3.49. The Morgan fingerprint density at radius 2 is 1.93 bits per heavy atom. The number of hydrogen-bond acceptors (Lipinski definition) is 2. The minimum Gasteiger partial charge on any atom is -0.393 e. The molecule has 4 heteroatoms. The summed E-state index contributed by atoms with van der Waals surface area (Å²) in [6.07, 6.45) is 3.85. The van der Waals surface area contributed by atoms with Crippen LogP contribution < -0.4 is 0 Å². The molecule has 0 radical (unpaired) electrons. The molecule has 0 spiro atoms. The molecule has 80 valence electrons. The number of rotatable bonds is 2. The lowest BCUT2D eigenvalue weighted by Gasteiger charge is -2.37. The predicted octanol–water partition coefficient (Wildman–Crippen LogP) is 1.13. The SMILES string of the molecule is O=C(CCCl)N1C2CCC1CC(O)C2. The number of aliphatic hydroxyl groups is 1. The number of nitrogens with zero attached hydrogens (tertiary/aromatic N) is 1. The highest BCUT2D eigenvalue weighted by molar-refractivity contribution is 6.18. The van der Waals surface area contributed by atoms with E-state index in [0.29, 0.717) is 12.3 Å². The maximum Gasteiger partial charge on any atom is 0.224 e. The first-order chi connectivity index (χ1) is 6.72. The molecule has 2 heterocycles. The highest BCUT2D eigenvalue weighted by Gasteiger charge is 2.42. The van der Waals surface area contributed by atoms with Crippen LogP contribution in [0.15, 0.2) is 0 Å². The van der Waals surface area contributed by atoms with Crippen molar-refractivity contribution < 1.29 is 9.90 Å². The summed E-state index contributed by atoms with van der Waals surface area (Å²) in [5.41, 5.74) is 0. The van der Waals surface area contributed by atoms with Crippen LogP contribution in [0, 0.1) is 0 Å². The highest BCUT2D eigenvalue weighted by atomic mass is 35.5. The Labute approximate surface area is 89.0 Å². The zero-order valence-electron chi connectivity index (χ0n) is 8.16. The Balaban J connectivity index is 2.03. The Morgan fingerprint density at radius 1 is 1.36 bits per heavy atom. The number of carbonyl (C=O) groups excluding carboxylic acids is 1. The molecule has 2 atom stereocenters. The van der Waals surface area contributed by atoms with Crippen molar-refractivity contribution in [3.8, 4) is 0 Å². The van der Waals surface area contributed by atoms with E-state index in [1.807, 2.05) is 4.90 Å². The van der Waals surface area contributed by atoms with Gasteiger partial charge in [0.15, 0.2) is 0 Å². The number of piperidine rings is 1. The molecule has 1 amide bonds. The van der Waals surface area contributed by atoms with Crippen molar-refractivity contribution in [2.45, 2.75) is 50.3 Å². The van der Waals surface area contributed by atoms with Crippen molar-refractivity contribution in [3.63, 3.8) is 0 Å². The van der Waals surface area contributed by atoms with Gasteiger partial charge in [-0.1, -0.05) is 0 Å². The monoisotopic (exact) mass is 217 g/mol. The van der Waals surface area contributed by atoms with E-state index >= 15 is 0 Å². The Hall–Kier alpha value is -0.280. The molecule has 2 rings (SSSR count). The van der Waals surface area contributed by atoms with Gasteiger partial charge in [-0.05, 0) is 25.7 Å². The summed E-state index contributed by atoms with van der Waals surface area (Å²) in [5.74, 6) is 0.566. The Morgan fingerprint density at radius 3 is 2.43 bits per heavy atom. The standard InChI is InChI=1S/C10H16ClNO2/c11-4-3-10(14)12-7-1-2-8(12)6-9(13)5-7/h7-9,13H,1-6H2. The molecule has 2 bridgehead atoms. The van der Waals surface area contributed by atoms with Gasteiger partial charge in [-0.15, -0.1) is 11.6 Å². The third-order valence-electron chi connectivity index (χ3n) is 3.30. The van der Waals surface area contributed by atoms with Crippen molar-refractivity contribution >= 4 is 17.5 Å².